The van der Waals surface area contributed by atoms with Gasteiger partial charge in [-0.3, -0.25) is 9.89 Å². The van der Waals surface area contributed by atoms with Crippen LogP contribution >= 0.6 is 0 Å². The fourth-order valence-corrected chi connectivity index (χ4v) is 3.07. The SMILES string of the molecule is CCc1[nH]n2c(=O)cc(CCc3cccc(OC)c3)nc2c1CC. The first-order valence-electron chi connectivity index (χ1n) is 8.41. The van der Waals surface area contributed by atoms with E-state index in [1.54, 1.807) is 17.7 Å². The summed E-state index contributed by atoms with van der Waals surface area (Å²) in [6.07, 6.45) is 3.29. The van der Waals surface area contributed by atoms with E-state index in [9.17, 15) is 4.79 Å². The molecule has 0 aliphatic heterocycles. The summed E-state index contributed by atoms with van der Waals surface area (Å²) in [5.41, 5.74) is 4.96. The van der Waals surface area contributed by atoms with E-state index in [0.29, 0.717) is 0 Å². The molecule has 5 heteroatoms. The molecular weight excluding hydrogens is 302 g/mol. The van der Waals surface area contributed by atoms with Crippen LogP contribution in [-0.4, -0.2) is 21.7 Å². The van der Waals surface area contributed by atoms with Gasteiger partial charge in [-0.2, -0.15) is 0 Å². The third-order valence-electron chi connectivity index (χ3n) is 4.36. The van der Waals surface area contributed by atoms with Crippen LogP contribution in [0.5, 0.6) is 5.75 Å². The van der Waals surface area contributed by atoms with Crippen LogP contribution in [0.25, 0.3) is 5.65 Å². The smallest absolute Gasteiger partial charge is 0.272 e. The van der Waals surface area contributed by atoms with E-state index in [2.05, 4.69) is 25.0 Å². The summed E-state index contributed by atoms with van der Waals surface area (Å²) < 4.78 is 6.82. The molecule has 2 heterocycles. The minimum Gasteiger partial charge on any atom is -0.497 e. The van der Waals surface area contributed by atoms with E-state index in [1.165, 1.54) is 5.56 Å². The fraction of sp³-hybridized carbons (Fsp3) is 0.368. The predicted molar refractivity (Wildman–Crippen MR) is 95.0 cm³/mol. The van der Waals surface area contributed by atoms with E-state index in [0.717, 1.165) is 54.0 Å². The van der Waals surface area contributed by atoms with Gasteiger partial charge in [0.15, 0.2) is 5.65 Å². The number of hydrogen-bond donors (Lipinski definition) is 1. The minimum atomic E-state index is -0.0463. The first-order chi connectivity index (χ1) is 11.7. The van der Waals surface area contributed by atoms with E-state index >= 15 is 0 Å². The second kappa shape index (κ2) is 6.91. The van der Waals surface area contributed by atoms with E-state index in [4.69, 9.17) is 9.72 Å². The Morgan fingerprint density at radius 3 is 2.71 bits per heavy atom. The molecule has 0 aliphatic rings. The van der Waals surface area contributed by atoms with Gasteiger partial charge in [0, 0.05) is 23.0 Å². The summed E-state index contributed by atoms with van der Waals surface area (Å²) in [6, 6.07) is 9.63. The maximum Gasteiger partial charge on any atom is 0.272 e. The van der Waals surface area contributed by atoms with Crippen LogP contribution < -0.4 is 10.3 Å². The zero-order valence-electron chi connectivity index (χ0n) is 14.4. The van der Waals surface area contributed by atoms with E-state index in [1.807, 2.05) is 18.2 Å². The Balaban J connectivity index is 1.91. The van der Waals surface area contributed by atoms with Crippen LogP contribution in [0.1, 0.15) is 36.4 Å². The molecule has 0 saturated carbocycles. The quantitative estimate of drug-likeness (QED) is 0.758. The number of H-pyrrole nitrogens is 1. The zero-order valence-corrected chi connectivity index (χ0v) is 14.4. The van der Waals surface area contributed by atoms with E-state index in [-0.39, 0.29) is 5.56 Å². The standard InChI is InChI=1S/C19H23N3O2/c1-4-16-17(5-2)21-22-18(23)12-14(20-19(16)22)10-9-13-7-6-8-15(11-13)24-3/h6-8,11-12,21H,4-5,9-10H2,1-3H3. The molecular formula is C19H23N3O2. The molecule has 0 saturated heterocycles. The highest BCUT2D eigenvalue weighted by atomic mass is 16.5. The first-order valence-corrected chi connectivity index (χ1v) is 8.41. The molecule has 1 N–H and O–H groups in total. The monoisotopic (exact) mass is 325 g/mol. The molecule has 0 unspecified atom stereocenters. The molecule has 0 bridgehead atoms. The molecule has 0 fully saturated rings. The number of aryl methyl sites for hydroxylation is 4. The molecule has 3 aromatic rings. The minimum absolute atomic E-state index is 0.0463. The number of methoxy groups -OCH3 is 1. The van der Waals surface area contributed by atoms with Crippen molar-refractivity contribution >= 4 is 5.65 Å². The summed E-state index contributed by atoms with van der Waals surface area (Å²) in [4.78, 5) is 17.1. The first kappa shape index (κ1) is 16.3. The number of nitrogens with zero attached hydrogens (tertiary/aromatic N) is 2. The Labute approximate surface area is 141 Å². The van der Waals surface area contributed by atoms with Crippen molar-refractivity contribution in [1.29, 1.82) is 0 Å². The van der Waals surface area contributed by atoms with Crippen LogP contribution in [0.4, 0.5) is 0 Å². The molecule has 2 aromatic heterocycles. The van der Waals surface area contributed by atoms with Crippen molar-refractivity contribution in [2.45, 2.75) is 39.5 Å². The Kier molecular flexibility index (Phi) is 4.69. The maximum atomic E-state index is 12.4. The van der Waals surface area contributed by atoms with Crippen LogP contribution in [0, 0.1) is 0 Å². The number of nitrogens with one attached hydrogen (secondary N) is 1. The lowest BCUT2D eigenvalue weighted by atomic mass is 10.1. The van der Waals surface area contributed by atoms with Gasteiger partial charge in [-0.15, -0.1) is 0 Å². The fourth-order valence-electron chi connectivity index (χ4n) is 3.07. The van der Waals surface area contributed by atoms with Gasteiger partial charge in [-0.05, 0) is 43.4 Å². The Hall–Kier alpha value is -2.56. The summed E-state index contributed by atoms with van der Waals surface area (Å²) in [7, 11) is 1.67. The van der Waals surface area contributed by atoms with Crippen LogP contribution in [0.3, 0.4) is 0 Å². The van der Waals surface area contributed by atoms with Gasteiger partial charge in [0.25, 0.3) is 5.56 Å². The average Bonchev–Trinajstić information content (AvgIpc) is 2.98. The highest BCUT2D eigenvalue weighted by Gasteiger charge is 2.12. The molecule has 0 amide bonds. The summed E-state index contributed by atoms with van der Waals surface area (Å²) >= 11 is 0. The number of aromatic nitrogens is 3. The van der Waals surface area contributed by atoms with Crippen molar-refractivity contribution < 1.29 is 4.74 Å². The highest BCUT2D eigenvalue weighted by molar-refractivity contribution is 5.50. The van der Waals surface area contributed by atoms with Crippen molar-refractivity contribution in [2.24, 2.45) is 0 Å². The summed E-state index contributed by atoms with van der Waals surface area (Å²) in [5, 5.41) is 3.17. The van der Waals surface area contributed by atoms with Crippen molar-refractivity contribution in [3.05, 3.63) is 63.2 Å². The molecule has 126 valence electrons. The number of ether oxygens (including phenoxy) is 1. The van der Waals surface area contributed by atoms with Crippen LogP contribution in [-0.2, 0) is 25.7 Å². The van der Waals surface area contributed by atoms with Crippen molar-refractivity contribution in [3.8, 4) is 5.75 Å². The Morgan fingerprint density at radius 2 is 2.00 bits per heavy atom. The van der Waals surface area contributed by atoms with Gasteiger partial charge in [-0.25, -0.2) is 9.50 Å². The summed E-state index contributed by atoms with van der Waals surface area (Å²) in [6.45, 7) is 4.18. The summed E-state index contributed by atoms with van der Waals surface area (Å²) in [5.74, 6) is 0.850. The van der Waals surface area contributed by atoms with Gasteiger partial charge in [0.05, 0.1) is 7.11 Å². The van der Waals surface area contributed by atoms with Crippen LogP contribution in [0.15, 0.2) is 35.1 Å². The Bertz CT molecular complexity index is 909. The molecule has 0 aliphatic carbocycles. The van der Waals surface area contributed by atoms with Gasteiger partial charge in [0.1, 0.15) is 5.75 Å². The third-order valence-corrected chi connectivity index (χ3v) is 4.36. The number of fused-ring (bicyclic) bond motifs is 1. The van der Waals surface area contributed by atoms with Gasteiger partial charge < -0.3 is 4.74 Å². The average molecular weight is 325 g/mol. The predicted octanol–water partition coefficient (Wildman–Crippen LogP) is 2.94. The highest BCUT2D eigenvalue weighted by Crippen LogP contribution is 2.16. The zero-order chi connectivity index (χ0) is 17.1. The van der Waals surface area contributed by atoms with Crippen molar-refractivity contribution in [1.82, 2.24) is 14.6 Å². The van der Waals surface area contributed by atoms with Gasteiger partial charge in [-0.1, -0.05) is 26.0 Å². The lowest BCUT2D eigenvalue weighted by Crippen LogP contribution is -2.16. The van der Waals surface area contributed by atoms with Crippen molar-refractivity contribution in [3.63, 3.8) is 0 Å². The van der Waals surface area contributed by atoms with Crippen LogP contribution in [0.2, 0.25) is 0 Å². The number of aromatic amines is 1. The second-order valence-corrected chi connectivity index (χ2v) is 5.87. The molecule has 3 rings (SSSR count). The topological polar surface area (TPSA) is 59.4 Å². The van der Waals surface area contributed by atoms with E-state index < -0.39 is 0 Å². The maximum absolute atomic E-state index is 12.4. The second-order valence-electron chi connectivity index (χ2n) is 5.87. The molecule has 24 heavy (non-hydrogen) atoms. The largest absolute Gasteiger partial charge is 0.497 e. The molecule has 0 atom stereocenters. The number of rotatable bonds is 6. The van der Waals surface area contributed by atoms with Gasteiger partial charge >= 0.3 is 0 Å². The molecule has 0 radical (unpaired) electrons. The molecule has 0 spiro atoms. The molecule has 5 nitrogen and oxygen atoms in total. The third kappa shape index (κ3) is 3.07. The number of hydrogen-bond acceptors (Lipinski definition) is 3. The Morgan fingerprint density at radius 1 is 1.17 bits per heavy atom. The molecule has 1 aromatic carbocycles. The number of benzene rings is 1. The van der Waals surface area contributed by atoms with Crippen molar-refractivity contribution in [2.75, 3.05) is 7.11 Å². The lowest BCUT2D eigenvalue weighted by Gasteiger charge is -2.05. The van der Waals surface area contributed by atoms with Gasteiger partial charge in [0.2, 0.25) is 0 Å². The lowest BCUT2D eigenvalue weighted by molar-refractivity contribution is 0.414. The normalized spacial score (nSPS) is 11.1.